The van der Waals surface area contributed by atoms with Gasteiger partial charge in [-0.25, -0.2) is 4.79 Å². The zero-order chi connectivity index (χ0) is 16.4. The van der Waals surface area contributed by atoms with Crippen LogP contribution in [0.15, 0.2) is 51.7 Å². The highest BCUT2D eigenvalue weighted by atomic mass is 31.0. The van der Waals surface area contributed by atoms with E-state index >= 15 is 0 Å². The minimum atomic E-state index is -0.254. The van der Waals surface area contributed by atoms with E-state index in [2.05, 4.69) is 58.1 Å². The molecule has 23 heavy (non-hydrogen) atoms. The van der Waals surface area contributed by atoms with Gasteiger partial charge in [0.25, 0.3) is 0 Å². The molecule has 0 fully saturated rings. The van der Waals surface area contributed by atoms with Crippen molar-refractivity contribution in [2.45, 2.75) is 18.5 Å². The highest BCUT2D eigenvalue weighted by Gasteiger charge is 2.10. The van der Waals surface area contributed by atoms with Crippen LogP contribution >= 0.6 is 27.7 Å². The summed E-state index contributed by atoms with van der Waals surface area (Å²) in [4.78, 5) is 12.0. The van der Waals surface area contributed by atoms with E-state index in [1.165, 1.54) is 11.1 Å². The Morgan fingerprint density at radius 2 is 1.48 bits per heavy atom. The highest BCUT2D eigenvalue weighted by Crippen LogP contribution is 2.31. The van der Waals surface area contributed by atoms with E-state index in [9.17, 15) is 4.79 Å². The minimum Gasteiger partial charge on any atom is -0.422 e. The molecule has 118 valence electrons. The van der Waals surface area contributed by atoms with Gasteiger partial charge in [-0.1, -0.05) is 24.3 Å². The fourth-order valence-electron chi connectivity index (χ4n) is 2.66. The molecular weight excluding hydrogens is 341 g/mol. The van der Waals surface area contributed by atoms with Crippen molar-refractivity contribution in [2.75, 3.05) is 0 Å². The minimum absolute atomic E-state index is 0.254. The fraction of sp³-hybridized carbons (Fsp3) is 0.167. The number of rotatable bonds is 4. The van der Waals surface area contributed by atoms with Crippen molar-refractivity contribution in [1.82, 2.24) is 0 Å². The molecule has 0 aliphatic carbocycles. The fourth-order valence-corrected chi connectivity index (χ4v) is 3.55. The maximum absolute atomic E-state index is 12.0. The average Bonchev–Trinajstić information content (AvgIpc) is 2.60. The van der Waals surface area contributed by atoms with E-state index in [4.69, 9.17) is 4.42 Å². The van der Waals surface area contributed by atoms with Gasteiger partial charge in [-0.15, -0.1) is 27.7 Å². The molecule has 3 unspecified atom stereocenters. The van der Waals surface area contributed by atoms with Gasteiger partial charge in [0, 0.05) is 10.9 Å². The van der Waals surface area contributed by atoms with Crippen LogP contribution in [0.2, 0.25) is 0 Å². The summed E-state index contributed by atoms with van der Waals surface area (Å²) in [5, 5.41) is 0.977. The molecule has 5 heteroatoms. The van der Waals surface area contributed by atoms with Crippen molar-refractivity contribution in [3.05, 3.63) is 69.6 Å². The number of fused-ring (bicyclic) bond motifs is 1. The molecule has 0 saturated heterocycles. The second-order valence-electron chi connectivity index (χ2n) is 5.42. The first-order chi connectivity index (χ1) is 11.2. The Bertz CT molecular complexity index is 899. The van der Waals surface area contributed by atoms with Gasteiger partial charge < -0.3 is 4.42 Å². The third-order valence-electron chi connectivity index (χ3n) is 3.97. The summed E-state index contributed by atoms with van der Waals surface area (Å²) < 4.78 is 5.51. The van der Waals surface area contributed by atoms with Crippen LogP contribution in [0.5, 0.6) is 0 Å². The Morgan fingerprint density at radius 1 is 0.826 bits per heavy atom. The monoisotopic (exact) mass is 360 g/mol. The summed E-state index contributed by atoms with van der Waals surface area (Å²) in [6.45, 7) is 0. The Kier molecular flexibility index (Phi) is 5.27. The van der Waals surface area contributed by atoms with Gasteiger partial charge in [-0.2, -0.15) is 0 Å². The SMILES string of the molecule is O=c1oc2cc(-c3ccc(CP)cc3)c(CP)cc2cc1CP. The summed E-state index contributed by atoms with van der Waals surface area (Å²) in [7, 11) is 8.09. The smallest absolute Gasteiger partial charge is 0.339 e. The summed E-state index contributed by atoms with van der Waals surface area (Å²) >= 11 is 0. The quantitative estimate of drug-likeness (QED) is 0.503. The topological polar surface area (TPSA) is 30.2 Å². The number of hydrogen-bond donors (Lipinski definition) is 0. The number of benzene rings is 2. The molecule has 1 heterocycles. The zero-order valence-corrected chi connectivity index (χ0v) is 16.2. The molecule has 0 aliphatic rings. The van der Waals surface area contributed by atoms with Crippen LogP contribution in [0, 0.1) is 0 Å². The second kappa shape index (κ2) is 7.23. The first-order valence-corrected chi connectivity index (χ1v) is 9.90. The predicted octanol–water partition coefficient (Wildman–Crippen LogP) is 4.59. The van der Waals surface area contributed by atoms with Crippen LogP contribution < -0.4 is 5.63 Å². The van der Waals surface area contributed by atoms with E-state index in [-0.39, 0.29) is 5.63 Å². The Labute approximate surface area is 142 Å². The van der Waals surface area contributed by atoms with Gasteiger partial charge in [0.2, 0.25) is 0 Å². The first-order valence-electron chi connectivity index (χ1n) is 7.45. The maximum Gasteiger partial charge on any atom is 0.339 e. The Hall–Kier alpha value is -1.06. The Morgan fingerprint density at radius 3 is 2.09 bits per heavy atom. The van der Waals surface area contributed by atoms with Crippen LogP contribution in [-0.2, 0) is 18.5 Å². The van der Waals surface area contributed by atoms with Crippen molar-refractivity contribution >= 4 is 38.7 Å². The van der Waals surface area contributed by atoms with Crippen LogP contribution in [0.25, 0.3) is 22.1 Å². The molecule has 2 aromatic carbocycles. The van der Waals surface area contributed by atoms with Crippen molar-refractivity contribution < 1.29 is 4.42 Å². The lowest BCUT2D eigenvalue weighted by Crippen LogP contribution is -2.05. The molecule has 0 radical (unpaired) electrons. The Balaban J connectivity index is 2.20. The lowest BCUT2D eigenvalue weighted by atomic mass is 9.97. The van der Waals surface area contributed by atoms with E-state index in [1.54, 1.807) is 0 Å². The predicted molar refractivity (Wildman–Crippen MR) is 108 cm³/mol. The third-order valence-corrected chi connectivity index (χ3v) is 5.32. The van der Waals surface area contributed by atoms with E-state index in [0.29, 0.717) is 17.3 Å². The van der Waals surface area contributed by atoms with Crippen molar-refractivity contribution in [1.29, 1.82) is 0 Å². The first kappa shape index (κ1) is 16.8. The largest absolute Gasteiger partial charge is 0.422 e. The van der Waals surface area contributed by atoms with Gasteiger partial charge in [-0.3, -0.25) is 0 Å². The molecule has 0 N–H and O–H groups in total. The van der Waals surface area contributed by atoms with Crippen LogP contribution in [-0.4, -0.2) is 0 Å². The maximum atomic E-state index is 12.0. The third kappa shape index (κ3) is 3.41. The molecule has 0 bridgehead atoms. The van der Waals surface area contributed by atoms with E-state index in [1.807, 2.05) is 12.1 Å². The molecule has 0 amide bonds. The van der Waals surface area contributed by atoms with E-state index in [0.717, 1.165) is 28.8 Å². The summed E-state index contributed by atoms with van der Waals surface area (Å²) in [6.07, 6.45) is 2.40. The highest BCUT2D eigenvalue weighted by molar-refractivity contribution is 7.15. The molecular formula is C18H19O2P3. The second-order valence-corrected chi connectivity index (χ2v) is 6.64. The van der Waals surface area contributed by atoms with Crippen LogP contribution in [0.1, 0.15) is 16.7 Å². The lowest BCUT2D eigenvalue weighted by molar-refractivity contribution is 0.554. The summed E-state index contributed by atoms with van der Waals surface area (Å²) in [5.41, 5.74) is 5.84. The van der Waals surface area contributed by atoms with Crippen LogP contribution in [0.3, 0.4) is 0 Å². The average molecular weight is 360 g/mol. The molecule has 0 spiro atoms. The van der Waals surface area contributed by atoms with Crippen molar-refractivity contribution in [3.8, 4) is 11.1 Å². The zero-order valence-electron chi connectivity index (χ0n) is 12.7. The van der Waals surface area contributed by atoms with Gasteiger partial charge >= 0.3 is 5.63 Å². The molecule has 0 saturated carbocycles. The standard InChI is InChI=1S/C18H19O2P3/c19-18-15(10-23)6-13-5-14(9-22)16(7-17(13)20-18)12-3-1-11(8-21)2-4-12/h1-7H,8-10,21-23H2. The molecule has 0 aliphatic heterocycles. The lowest BCUT2D eigenvalue weighted by Gasteiger charge is -2.11. The molecule has 3 rings (SSSR count). The van der Waals surface area contributed by atoms with E-state index < -0.39 is 0 Å². The molecule has 1 aromatic heterocycles. The van der Waals surface area contributed by atoms with Crippen LogP contribution in [0.4, 0.5) is 0 Å². The van der Waals surface area contributed by atoms with Gasteiger partial charge in [-0.05, 0) is 58.9 Å². The molecule has 3 atom stereocenters. The van der Waals surface area contributed by atoms with Gasteiger partial charge in [0.05, 0.1) is 0 Å². The van der Waals surface area contributed by atoms with Crippen molar-refractivity contribution in [2.24, 2.45) is 0 Å². The van der Waals surface area contributed by atoms with Gasteiger partial charge in [0.15, 0.2) is 0 Å². The normalized spacial score (nSPS) is 11.1. The number of hydrogen-bond acceptors (Lipinski definition) is 2. The van der Waals surface area contributed by atoms with Gasteiger partial charge in [0.1, 0.15) is 5.58 Å². The summed E-state index contributed by atoms with van der Waals surface area (Å²) in [5.74, 6) is 0. The molecule has 2 nitrogen and oxygen atoms in total. The summed E-state index contributed by atoms with van der Waals surface area (Å²) in [6, 6.07) is 14.5. The van der Waals surface area contributed by atoms with Crippen molar-refractivity contribution in [3.63, 3.8) is 0 Å². The molecule has 3 aromatic rings.